The first-order chi connectivity index (χ1) is 22.6. The zero-order valence-electron chi connectivity index (χ0n) is 25.4. The molecule has 0 spiro atoms. The third-order valence-corrected chi connectivity index (χ3v) is 8.66. The summed E-state index contributed by atoms with van der Waals surface area (Å²) in [5, 5.41) is 23.3. The van der Waals surface area contributed by atoms with Gasteiger partial charge in [0.15, 0.2) is 0 Å². The lowest BCUT2D eigenvalue weighted by molar-refractivity contribution is -0.129. The molecule has 13 heteroatoms. The lowest BCUT2D eigenvalue weighted by atomic mass is 9.96. The Bertz CT molecular complexity index is 1750. The molecule has 47 heavy (non-hydrogen) atoms. The number of fused-ring (bicyclic) bond motifs is 1. The fraction of sp³-hybridized carbons (Fsp3) is 0.294. The van der Waals surface area contributed by atoms with Crippen molar-refractivity contribution >= 4 is 29.3 Å². The van der Waals surface area contributed by atoms with Crippen molar-refractivity contribution in [3.63, 3.8) is 0 Å². The Labute approximate surface area is 269 Å². The fourth-order valence-corrected chi connectivity index (χ4v) is 6.17. The van der Waals surface area contributed by atoms with Crippen LogP contribution in [0.5, 0.6) is 5.75 Å². The number of halogens is 2. The number of piperidine rings is 1. The van der Waals surface area contributed by atoms with Gasteiger partial charge in [-0.2, -0.15) is 14.0 Å². The fourth-order valence-electron chi connectivity index (χ4n) is 6.17. The van der Waals surface area contributed by atoms with Gasteiger partial charge in [-0.3, -0.25) is 14.5 Å². The summed E-state index contributed by atoms with van der Waals surface area (Å²) in [4.78, 5) is 41.3. The second-order valence-electron chi connectivity index (χ2n) is 11.7. The van der Waals surface area contributed by atoms with Crippen molar-refractivity contribution in [1.29, 1.82) is 5.26 Å². The number of allylic oxidation sites excluding steroid dienone is 1. The van der Waals surface area contributed by atoms with Crippen LogP contribution in [0.4, 0.5) is 25.0 Å². The standard InChI is InChI=1S/C34H32F2N6O5/c1-21-20-41-30(32(44)42(21)26-10-7-24(8-11-26)34(35,36)23-5-3-2-4-6-23)28(19-38-41)31(43)39-25-9-12-29(22(17-25)18-37)47-27-13-15-40(16-14-27)33(45)46/h2-12,17,20,27-28,30,38H,13-16,19H2,1H3,(H,39,43)(H,45,46). The van der Waals surface area contributed by atoms with E-state index in [1.807, 2.05) is 0 Å². The Morgan fingerprint density at radius 3 is 2.38 bits per heavy atom. The number of nitrogens with one attached hydrogen (secondary N) is 2. The predicted molar refractivity (Wildman–Crippen MR) is 167 cm³/mol. The van der Waals surface area contributed by atoms with Crippen LogP contribution in [0, 0.1) is 17.2 Å². The molecule has 0 saturated carbocycles. The first kappa shape index (κ1) is 31.5. The molecule has 3 N–H and O–H groups in total. The molecule has 3 aromatic rings. The number of rotatable bonds is 7. The highest BCUT2D eigenvalue weighted by atomic mass is 19.3. The molecule has 3 aliphatic rings. The monoisotopic (exact) mass is 642 g/mol. The van der Waals surface area contributed by atoms with E-state index in [2.05, 4.69) is 16.8 Å². The molecule has 2 saturated heterocycles. The van der Waals surface area contributed by atoms with Crippen molar-refractivity contribution in [2.24, 2.45) is 5.92 Å². The molecule has 3 heterocycles. The summed E-state index contributed by atoms with van der Waals surface area (Å²) >= 11 is 0. The van der Waals surface area contributed by atoms with Crippen LogP contribution in [-0.2, 0) is 15.5 Å². The Balaban J connectivity index is 1.14. The van der Waals surface area contributed by atoms with Crippen molar-refractivity contribution in [1.82, 2.24) is 15.3 Å². The number of alkyl halides is 2. The van der Waals surface area contributed by atoms with Gasteiger partial charge in [-0.05, 0) is 37.3 Å². The summed E-state index contributed by atoms with van der Waals surface area (Å²) in [5.74, 6) is -4.53. The van der Waals surface area contributed by atoms with Crippen molar-refractivity contribution in [3.05, 3.63) is 101 Å². The molecule has 0 radical (unpaired) electrons. The number of benzene rings is 3. The Kier molecular flexibility index (Phi) is 8.53. The molecule has 3 aliphatic heterocycles. The van der Waals surface area contributed by atoms with Crippen LogP contribution in [0.25, 0.3) is 0 Å². The number of amides is 3. The van der Waals surface area contributed by atoms with Gasteiger partial charge in [0.05, 0.1) is 11.5 Å². The summed E-state index contributed by atoms with van der Waals surface area (Å²) in [6, 6.07) is 18.9. The number of anilines is 2. The average molecular weight is 643 g/mol. The highest BCUT2D eigenvalue weighted by Gasteiger charge is 2.47. The molecule has 2 unspecified atom stereocenters. The number of hydrazine groups is 1. The summed E-state index contributed by atoms with van der Waals surface area (Å²) in [6.07, 6.45) is 1.46. The van der Waals surface area contributed by atoms with Crippen LogP contribution in [0.2, 0.25) is 0 Å². The van der Waals surface area contributed by atoms with E-state index in [0.717, 1.165) is 0 Å². The van der Waals surface area contributed by atoms with E-state index in [9.17, 15) is 19.6 Å². The number of carbonyl (C=O) groups excluding carboxylic acids is 2. The number of likely N-dealkylation sites (tertiary alicyclic amines) is 1. The van der Waals surface area contributed by atoms with Crippen molar-refractivity contribution in [3.8, 4) is 11.8 Å². The minimum Gasteiger partial charge on any atom is -0.489 e. The van der Waals surface area contributed by atoms with Gasteiger partial charge < -0.3 is 25.1 Å². The van der Waals surface area contributed by atoms with E-state index in [1.165, 1.54) is 52.3 Å². The summed E-state index contributed by atoms with van der Waals surface area (Å²) in [6.45, 7) is 2.57. The van der Waals surface area contributed by atoms with Crippen LogP contribution in [-0.4, -0.2) is 64.7 Å². The smallest absolute Gasteiger partial charge is 0.407 e. The molecule has 11 nitrogen and oxygen atoms in total. The van der Waals surface area contributed by atoms with Crippen LogP contribution in [0.1, 0.15) is 36.5 Å². The number of nitrogens with zero attached hydrogens (tertiary/aromatic N) is 4. The van der Waals surface area contributed by atoms with E-state index < -0.39 is 35.8 Å². The maximum atomic E-state index is 15.1. The Hall–Kier alpha value is -5.48. The minimum absolute atomic E-state index is 0.137. The van der Waals surface area contributed by atoms with Gasteiger partial charge >= 0.3 is 6.09 Å². The minimum atomic E-state index is -3.22. The molecule has 3 amide bonds. The quantitative estimate of drug-likeness (QED) is 0.332. The third kappa shape index (κ3) is 6.19. The number of hydrogen-bond acceptors (Lipinski definition) is 7. The molecule has 0 aliphatic carbocycles. The van der Waals surface area contributed by atoms with Gasteiger partial charge in [-0.25, -0.2) is 10.2 Å². The molecular formula is C34H32F2N6O5. The number of nitriles is 1. The lowest BCUT2D eigenvalue weighted by Crippen LogP contribution is -2.53. The maximum absolute atomic E-state index is 15.1. The summed E-state index contributed by atoms with van der Waals surface area (Å²) in [7, 11) is 0. The zero-order chi connectivity index (χ0) is 33.3. The summed E-state index contributed by atoms with van der Waals surface area (Å²) < 4.78 is 36.2. The van der Waals surface area contributed by atoms with Crippen LogP contribution in [0.3, 0.4) is 0 Å². The van der Waals surface area contributed by atoms with Gasteiger partial charge in [0.25, 0.3) is 11.8 Å². The van der Waals surface area contributed by atoms with Crippen molar-refractivity contribution < 1.29 is 33.0 Å². The molecular weight excluding hydrogens is 610 g/mol. The number of carboxylic acid groups (broad SMARTS) is 1. The second-order valence-corrected chi connectivity index (χ2v) is 11.7. The molecule has 242 valence electrons. The van der Waals surface area contributed by atoms with Gasteiger partial charge in [-0.1, -0.05) is 42.5 Å². The molecule has 3 aromatic carbocycles. The molecule has 2 atom stereocenters. The van der Waals surface area contributed by atoms with E-state index in [-0.39, 0.29) is 29.3 Å². The molecule has 0 aromatic heterocycles. The SMILES string of the molecule is CC1=CN2NCC(C(=O)Nc3ccc(OC4CCN(C(=O)O)CC4)c(C#N)c3)C2C(=O)N1c1ccc(C(F)(F)c2ccccc2)cc1. The van der Waals surface area contributed by atoms with E-state index in [0.29, 0.717) is 48.8 Å². The largest absolute Gasteiger partial charge is 0.489 e. The second kappa shape index (κ2) is 12.7. The molecule has 6 rings (SSSR count). The van der Waals surface area contributed by atoms with Crippen molar-refractivity contribution in [2.75, 3.05) is 29.9 Å². The predicted octanol–water partition coefficient (Wildman–Crippen LogP) is 4.87. The molecule has 2 fully saturated rings. The highest BCUT2D eigenvalue weighted by Crippen LogP contribution is 2.38. The van der Waals surface area contributed by atoms with Gasteiger partial charge in [0.1, 0.15) is 24.0 Å². The summed E-state index contributed by atoms with van der Waals surface area (Å²) in [5.41, 5.74) is 4.22. The van der Waals surface area contributed by atoms with Crippen molar-refractivity contribution in [2.45, 2.75) is 37.8 Å². The van der Waals surface area contributed by atoms with Crippen LogP contribution in [0.15, 0.2) is 84.7 Å². The van der Waals surface area contributed by atoms with Gasteiger partial charge in [0, 0.05) is 66.9 Å². The van der Waals surface area contributed by atoms with Gasteiger partial charge in [0.2, 0.25) is 5.91 Å². The number of hydrogen-bond donors (Lipinski definition) is 3. The number of ether oxygens (including phenoxy) is 1. The highest BCUT2D eigenvalue weighted by molar-refractivity contribution is 6.05. The van der Waals surface area contributed by atoms with Gasteiger partial charge in [-0.15, -0.1) is 0 Å². The zero-order valence-corrected chi connectivity index (χ0v) is 25.4. The van der Waals surface area contributed by atoms with Crippen LogP contribution < -0.4 is 20.4 Å². The average Bonchev–Trinajstić information content (AvgIpc) is 3.50. The Morgan fingerprint density at radius 1 is 1.04 bits per heavy atom. The first-order valence-corrected chi connectivity index (χ1v) is 15.1. The van der Waals surface area contributed by atoms with E-state index in [1.54, 1.807) is 48.5 Å². The topological polar surface area (TPSA) is 138 Å². The molecule has 0 bridgehead atoms. The lowest BCUT2D eigenvalue weighted by Gasteiger charge is -2.36. The van der Waals surface area contributed by atoms with E-state index in [4.69, 9.17) is 9.84 Å². The van der Waals surface area contributed by atoms with E-state index >= 15 is 8.78 Å². The number of carbonyl (C=O) groups is 3. The van der Waals surface area contributed by atoms with Crippen LogP contribution >= 0.6 is 0 Å². The first-order valence-electron chi connectivity index (χ1n) is 15.1. The Morgan fingerprint density at radius 2 is 1.72 bits per heavy atom. The maximum Gasteiger partial charge on any atom is 0.407 e. The third-order valence-electron chi connectivity index (χ3n) is 8.66. The normalized spacial score (nSPS) is 19.9.